The molecule has 2 aromatic rings. The average Bonchev–Trinajstić information content (AvgIpc) is 2.86. The van der Waals surface area contributed by atoms with Crippen molar-refractivity contribution in [3.8, 4) is 5.75 Å². The predicted molar refractivity (Wildman–Crippen MR) is 81.8 cm³/mol. The molecule has 1 unspecified atom stereocenters. The summed E-state index contributed by atoms with van der Waals surface area (Å²) in [5.41, 5.74) is 2.86. The molecular formula is C16H15BrFNO. The minimum atomic E-state index is -0.100. The first-order chi connectivity index (χ1) is 9.69. The van der Waals surface area contributed by atoms with Gasteiger partial charge in [-0.2, -0.15) is 0 Å². The van der Waals surface area contributed by atoms with Gasteiger partial charge in [0.1, 0.15) is 11.6 Å². The van der Waals surface area contributed by atoms with E-state index < -0.39 is 0 Å². The van der Waals surface area contributed by atoms with Crippen LogP contribution in [0.5, 0.6) is 5.75 Å². The van der Waals surface area contributed by atoms with E-state index in [0.29, 0.717) is 0 Å². The smallest absolute Gasteiger partial charge is 0.126 e. The Balaban J connectivity index is 1.89. The summed E-state index contributed by atoms with van der Waals surface area (Å²) in [5, 5.41) is 3.47. The molecule has 0 saturated carbocycles. The second kappa shape index (κ2) is 5.44. The van der Waals surface area contributed by atoms with Gasteiger partial charge in [-0.25, -0.2) is 4.39 Å². The van der Waals surface area contributed by atoms with Crippen LogP contribution in [0.1, 0.15) is 23.6 Å². The molecule has 20 heavy (non-hydrogen) atoms. The fourth-order valence-electron chi connectivity index (χ4n) is 2.69. The Bertz CT molecular complexity index is 644. The lowest BCUT2D eigenvalue weighted by molar-refractivity contribution is 0.415. The van der Waals surface area contributed by atoms with Crippen molar-refractivity contribution in [1.29, 1.82) is 0 Å². The Morgan fingerprint density at radius 3 is 2.95 bits per heavy atom. The number of hydrogen-bond donors (Lipinski definition) is 1. The van der Waals surface area contributed by atoms with Gasteiger partial charge >= 0.3 is 0 Å². The monoisotopic (exact) mass is 335 g/mol. The van der Waals surface area contributed by atoms with Crippen LogP contribution in [-0.4, -0.2) is 7.11 Å². The van der Waals surface area contributed by atoms with E-state index in [1.165, 1.54) is 6.07 Å². The summed E-state index contributed by atoms with van der Waals surface area (Å²) >= 11 is 3.53. The molecule has 1 aliphatic carbocycles. The van der Waals surface area contributed by atoms with Gasteiger partial charge in [0, 0.05) is 10.5 Å². The largest absolute Gasteiger partial charge is 0.497 e. The summed E-state index contributed by atoms with van der Waals surface area (Å²) < 4.78 is 20.0. The lowest BCUT2D eigenvalue weighted by Gasteiger charge is -2.17. The van der Waals surface area contributed by atoms with Gasteiger partial charge in [-0.3, -0.25) is 0 Å². The summed E-state index contributed by atoms with van der Waals surface area (Å²) in [5.74, 6) is 0.699. The average molecular weight is 336 g/mol. The maximum Gasteiger partial charge on any atom is 0.126 e. The van der Waals surface area contributed by atoms with Gasteiger partial charge in [0.15, 0.2) is 0 Å². The number of methoxy groups -OCH3 is 1. The second-order valence-corrected chi connectivity index (χ2v) is 5.74. The SMILES string of the molecule is COc1ccc(Br)c(NC2CCc3c(F)cccc32)c1. The second-order valence-electron chi connectivity index (χ2n) is 4.89. The normalized spacial score (nSPS) is 16.9. The van der Waals surface area contributed by atoms with Crippen molar-refractivity contribution in [3.05, 3.63) is 57.8 Å². The molecule has 2 aromatic carbocycles. The predicted octanol–water partition coefficient (Wildman–Crippen LogP) is 4.70. The third-order valence-corrected chi connectivity index (χ3v) is 4.41. The number of rotatable bonds is 3. The van der Waals surface area contributed by atoms with E-state index in [2.05, 4.69) is 21.2 Å². The van der Waals surface area contributed by atoms with Crippen LogP contribution < -0.4 is 10.1 Å². The van der Waals surface area contributed by atoms with E-state index >= 15 is 0 Å². The summed E-state index contributed by atoms with van der Waals surface area (Å²) in [6.07, 6.45) is 1.68. The molecule has 1 aliphatic rings. The Morgan fingerprint density at radius 2 is 2.15 bits per heavy atom. The molecule has 0 aromatic heterocycles. The van der Waals surface area contributed by atoms with E-state index in [9.17, 15) is 4.39 Å². The third-order valence-electron chi connectivity index (χ3n) is 3.72. The van der Waals surface area contributed by atoms with Gasteiger partial charge < -0.3 is 10.1 Å². The summed E-state index contributed by atoms with van der Waals surface area (Å²) in [4.78, 5) is 0. The van der Waals surface area contributed by atoms with Crippen LogP contribution in [0.3, 0.4) is 0 Å². The molecule has 4 heteroatoms. The molecule has 0 fully saturated rings. The summed E-state index contributed by atoms with van der Waals surface area (Å²) in [7, 11) is 1.65. The van der Waals surface area contributed by atoms with Gasteiger partial charge in [-0.05, 0) is 58.1 Å². The number of anilines is 1. The van der Waals surface area contributed by atoms with Crippen molar-refractivity contribution in [2.24, 2.45) is 0 Å². The number of halogens is 2. The van der Waals surface area contributed by atoms with Gasteiger partial charge in [-0.1, -0.05) is 12.1 Å². The Labute approximate surface area is 126 Å². The van der Waals surface area contributed by atoms with Gasteiger partial charge in [-0.15, -0.1) is 0 Å². The summed E-state index contributed by atoms with van der Waals surface area (Å²) in [6.45, 7) is 0. The van der Waals surface area contributed by atoms with Crippen molar-refractivity contribution >= 4 is 21.6 Å². The highest BCUT2D eigenvalue weighted by molar-refractivity contribution is 9.10. The molecule has 104 valence electrons. The first-order valence-corrected chi connectivity index (χ1v) is 7.35. The zero-order valence-electron chi connectivity index (χ0n) is 11.1. The highest BCUT2D eigenvalue weighted by Gasteiger charge is 2.25. The number of ether oxygens (including phenoxy) is 1. The number of fused-ring (bicyclic) bond motifs is 1. The molecule has 0 aliphatic heterocycles. The zero-order chi connectivity index (χ0) is 14.1. The fourth-order valence-corrected chi connectivity index (χ4v) is 3.05. The fraction of sp³-hybridized carbons (Fsp3) is 0.250. The minimum absolute atomic E-state index is 0.100. The first-order valence-electron chi connectivity index (χ1n) is 6.56. The van der Waals surface area contributed by atoms with Crippen LogP contribution in [0, 0.1) is 5.82 Å². The van der Waals surface area contributed by atoms with Crippen LogP contribution in [0.4, 0.5) is 10.1 Å². The maximum atomic E-state index is 13.7. The lowest BCUT2D eigenvalue weighted by atomic mass is 10.1. The highest BCUT2D eigenvalue weighted by Crippen LogP contribution is 2.37. The molecule has 1 N–H and O–H groups in total. The zero-order valence-corrected chi connectivity index (χ0v) is 12.7. The maximum absolute atomic E-state index is 13.7. The number of benzene rings is 2. The van der Waals surface area contributed by atoms with Crippen molar-refractivity contribution < 1.29 is 9.13 Å². The molecule has 0 spiro atoms. The van der Waals surface area contributed by atoms with Crippen LogP contribution in [0.15, 0.2) is 40.9 Å². The van der Waals surface area contributed by atoms with Crippen molar-refractivity contribution in [2.75, 3.05) is 12.4 Å². The van der Waals surface area contributed by atoms with Crippen LogP contribution >= 0.6 is 15.9 Å². The third kappa shape index (κ3) is 2.40. The van der Waals surface area contributed by atoms with Crippen LogP contribution in [0.2, 0.25) is 0 Å². The molecule has 3 rings (SSSR count). The molecule has 0 amide bonds. The lowest BCUT2D eigenvalue weighted by Crippen LogP contribution is -2.07. The van der Waals surface area contributed by atoms with E-state index in [4.69, 9.17) is 4.74 Å². The van der Waals surface area contributed by atoms with Crippen LogP contribution in [0.25, 0.3) is 0 Å². The van der Waals surface area contributed by atoms with Gasteiger partial charge in [0.2, 0.25) is 0 Å². The topological polar surface area (TPSA) is 21.3 Å². The quantitative estimate of drug-likeness (QED) is 0.877. The van der Waals surface area contributed by atoms with Crippen LogP contribution in [-0.2, 0) is 6.42 Å². The highest BCUT2D eigenvalue weighted by atomic mass is 79.9. The van der Waals surface area contributed by atoms with Crippen molar-refractivity contribution in [1.82, 2.24) is 0 Å². The van der Waals surface area contributed by atoms with Crippen molar-refractivity contribution in [2.45, 2.75) is 18.9 Å². The standard InChI is InChI=1S/C16H15BrFNO/c1-20-10-5-7-13(17)16(9-10)19-15-8-6-11-12(15)3-2-4-14(11)18/h2-5,7,9,15,19H,6,8H2,1H3. The number of hydrogen-bond acceptors (Lipinski definition) is 2. The van der Waals surface area contributed by atoms with E-state index in [1.54, 1.807) is 13.2 Å². The molecule has 0 heterocycles. The molecule has 0 radical (unpaired) electrons. The first kappa shape index (κ1) is 13.4. The number of nitrogens with one attached hydrogen (secondary N) is 1. The van der Waals surface area contributed by atoms with Crippen molar-refractivity contribution in [3.63, 3.8) is 0 Å². The van der Waals surface area contributed by atoms with Gasteiger partial charge in [0.25, 0.3) is 0 Å². The Morgan fingerprint density at radius 1 is 1.30 bits per heavy atom. The van der Waals surface area contributed by atoms with E-state index in [-0.39, 0.29) is 11.9 Å². The van der Waals surface area contributed by atoms with Gasteiger partial charge in [0.05, 0.1) is 18.8 Å². The molecule has 0 saturated heterocycles. The van der Waals surface area contributed by atoms with E-state index in [0.717, 1.165) is 39.9 Å². The molecule has 1 atom stereocenters. The molecular weight excluding hydrogens is 321 g/mol. The van der Waals surface area contributed by atoms with E-state index in [1.807, 2.05) is 24.3 Å². The summed E-state index contributed by atoms with van der Waals surface area (Å²) in [6, 6.07) is 11.2. The minimum Gasteiger partial charge on any atom is -0.497 e. The Kier molecular flexibility index (Phi) is 3.66. The Hall–Kier alpha value is -1.55. The molecule has 0 bridgehead atoms. The molecule has 2 nitrogen and oxygen atoms in total.